The van der Waals surface area contributed by atoms with Crippen LogP contribution in [0.25, 0.3) is 5.70 Å². The molecule has 2 heterocycles. The van der Waals surface area contributed by atoms with Crippen LogP contribution in [-0.4, -0.2) is 13.6 Å². The Morgan fingerprint density at radius 2 is 1.96 bits per heavy atom. The predicted octanol–water partition coefficient (Wildman–Crippen LogP) is 4.62. The average Bonchev–Trinajstić information content (AvgIpc) is 3.07. The first-order valence-electron chi connectivity index (χ1n) is 8.39. The van der Waals surface area contributed by atoms with Gasteiger partial charge < -0.3 is 15.1 Å². The molecule has 122 valence electrons. The molecule has 0 atom stereocenters. The van der Waals surface area contributed by atoms with E-state index in [-0.39, 0.29) is 0 Å². The van der Waals surface area contributed by atoms with E-state index in [9.17, 15) is 0 Å². The quantitative estimate of drug-likeness (QED) is 0.891. The fraction of sp³-hybridized carbons (Fsp3) is 0.238. The number of likely N-dealkylation sites (N-methyl/N-ethyl adjacent to an activating group) is 1. The van der Waals surface area contributed by atoms with Gasteiger partial charge in [-0.3, -0.25) is 0 Å². The Bertz CT molecular complexity index is 850. The molecule has 0 amide bonds. The van der Waals surface area contributed by atoms with Gasteiger partial charge in [0, 0.05) is 54.2 Å². The minimum atomic E-state index is 0.863. The van der Waals surface area contributed by atoms with Crippen molar-refractivity contribution < 1.29 is 0 Å². The van der Waals surface area contributed by atoms with Crippen LogP contribution in [0.1, 0.15) is 23.6 Å². The fourth-order valence-electron chi connectivity index (χ4n) is 3.68. The SMILES string of the molecule is C=C(C)Nc1ccc2c(c1)CN(c1ccc3c(c1)N(C)CC3)C2=C. The molecule has 3 nitrogen and oxygen atoms in total. The van der Waals surface area contributed by atoms with Crippen LogP contribution in [0.4, 0.5) is 17.1 Å². The third-order valence-corrected chi connectivity index (χ3v) is 4.94. The van der Waals surface area contributed by atoms with Crippen LogP contribution in [0.5, 0.6) is 0 Å². The van der Waals surface area contributed by atoms with Gasteiger partial charge in [-0.25, -0.2) is 0 Å². The standard InChI is InChI=1S/C21H23N3/c1-14(2)22-18-6-8-20-15(3)24(13-17(20)11-18)19-7-5-16-9-10-23(4)21(16)12-19/h5-8,11-12,22H,1,3,9-10,13H2,2,4H3. The first-order chi connectivity index (χ1) is 11.5. The van der Waals surface area contributed by atoms with Crippen molar-refractivity contribution in [2.45, 2.75) is 19.9 Å². The molecule has 2 aliphatic rings. The molecule has 4 rings (SSSR count). The van der Waals surface area contributed by atoms with Gasteiger partial charge in [0.1, 0.15) is 0 Å². The van der Waals surface area contributed by atoms with Gasteiger partial charge >= 0.3 is 0 Å². The first kappa shape index (κ1) is 14.9. The van der Waals surface area contributed by atoms with Crippen LogP contribution < -0.4 is 15.1 Å². The lowest BCUT2D eigenvalue weighted by molar-refractivity contribution is 0.956. The van der Waals surface area contributed by atoms with E-state index in [0.29, 0.717) is 0 Å². The van der Waals surface area contributed by atoms with Gasteiger partial charge in [0.25, 0.3) is 0 Å². The van der Waals surface area contributed by atoms with E-state index < -0.39 is 0 Å². The Labute approximate surface area is 143 Å². The zero-order valence-corrected chi connectivity index (χ0v) is 14.4. The topological polar surface area (TPSA) is 18.5 Å². The van der Waals surface area contributed by atoms with Crippen molar-refractivity contribution in [2.75, 3.05) is 28.7 Å². The van der Waals surface area contributed by atoms with Gasteiger partial charge in [-0.15, -0.1) is 0 Å². The Morgan fingerprint density at radius 1 is 1.12 bits per heavy atom. The molecule has 0 unspecified atom stereocenters. The lowest BCUT2D eigenvalue weighted by Crippen LogP contribution is -2.15. The average molecular weight is 317 g/mol. The number of rotatable bonds is 3. The summed E-state index contributed by atoms with van der Waals surface area (Å²) in [6, 6.07) is 13.2. The van der Waals surface area contributed by atoms with E-state index in [1.165, 1.54) is 28.1 Å². The zero-order chi connectivity index (χ0) is 16.8. The van der Waals surface area contributed by atoms with Crippen molar-refractivity contribution in [3.8, 4) is 0 Å². The summed E-state index contributed by atoms with van der Waals surface area (Å²) >= 11 is 0. The normalized spacial score (nSPS) is 15.5. The molecule has 0 saturated heterocycles. The second-order valence-electron chi connectivity index (χ2n) is 6.79. The van der Waals surface area contributed by atoms with Crippen molar-refractivity contribution >= 4 is 22.8 Å². The summed E-state index contributed by atoms with van der Waals surface area (Å²) in [7, 11) is 2.17. The number of nitrogens with zero attached hydrogens (tertiary/aromatic N) is 2. The molecule has 0 aliphatic carbocycles. The van der Waals surface area contributed by atoms with Gasteiger partial charge in [-0.2, -0.15) is 0 Å². The lowest BCUT2D eigenvalue weighted by atomic mass is 10.1. The maximum Gasteiger partial charge on any atom is 0.0489 e. The molecule has 24 heavy (non-hydrogen) atoms. The minimum absolute atomic E-state index is 0.863. The van der Waals surface area contributed by atoms with Gasteiger partial charge in [-0.05, 0) is 48.7 Å². The van der Waals surface area contributed by atoms with Gasteiger partial charge in [-0.1, -0.05) is 25.3 Å². The summed E-state index contributed by atoms with van der Waals surface area (Å²) in [4.78, 5) is 4.64. The molecule has 0 saturated carbocycles. The Hall–Kier alpha value is -2.68. The second kappa shape index (κ2) is 5.45. The van der Waals surface area contributed by atoms with Crippen LogP contribution in [0.2, 0.25) is 0 Å². The molecular formula is C21H23N3. The Kier molecular flexibility index (Phi) is 3.38. The number of fused-ring (bicyclic) bond motifs is 2. The number of anilines is 3. The molecule has 0 fully saturated rings. The first-order valence-corrected chi connectivity index (χ1v) is 8.39. The van der Waals surface area contributed by atoms with Crippen LogP contribution >= 0.6 is 0 Å². The van der Waals surface area contributed by atoms with E-state index in [2.05, 4.69) is 71.7 Å². The third kappa shape index (κ3) is 2.37. The van der Waals surface area contributed by atoms with Crippen LogP contribution in [-0.2, 0) is 13.0 Å². The zero-order valence-electron chi connectivity index (χ0n) is 14.4. The van der Waals surface area contributed by atoms with Crippen LogP contribution in [0.15, 0.2) is 55.3 Å². The molecular weight excluding hydrogens is 294 g/mol. The van der Waals surface area contributed by atoms with E-state index in [4.69, 9.17) is 0 Å². The van der Waals surface area contributed by atoms with Gasteiger partial charge in [0.15, 0.2) is 0 Å². The van der Waals surface area contributed by atoms with Gasteiger partial charge in [0.05, 0.1) is 0 Å². The third-order valence-electron chi connectivity index (χ3n) is 4.94. The maximum absolute atomic E-state index is 4.33. The van der Waals surface area contributed by atoms with Crippen molar-refractivity contribution in [3.63, 3.8) is 0 Å². The van der Waals surface area contributed by atoms with E-state index >= 15 is 0 Å². The molecule has 2 aliphatic heterocycles. The minimum Gasteiger partial charge on any atom is -0.374 e. The summed E-state index contributed by atoms with van der Waals surface area (Å²) in [5.41, 5.74) is 9.66. The largest absolute Gasteiger partial charge is 0.374 e. The predicted molar refractivity (Wildman–Crippen MR) is 104 cm³/mol. The van der Waals surface area contributed by atoms with Crippen molar-refractivity contribution in [1.82, 2.24) is 0 Å². The smallest absolute Gasteiger partial charge is 0.0489 e. The summed E-state index contributed by atoms with van der Waals surface area (Å²) in [5, 5.41) is 3.29. The molecule has 0 spiro atoms. The summed E-state index contributed by atoms with van der Waals surface area (Å²) in [6.45, 7) is 12.2. The number of hydrogen-bond acceptors (Lipinski definition) is 3. The molecule has 3 heteroatoms. The molecule has 0 aromatic heterocycles. The van der Waals surface area contributed by atoms with E-state index in [1.54, 1.807) is 0 Å². The van der Waals surface area contributed by atoms with Crippen molar-refractivity contribution in [1.29, 1.82) is 0 Å². The number of nitrogens with one attached hydrogen (secondary N) is 1. The highest BCUT2D eigenvalue weighted by molar-refractivity contribution is 5.86. The number of hydrogen-bond donors (Lipinski definition) is 1. The van der Waals surface area contributed by atoms with Crippen LogP contribution in [0, 0.1) is 0 Å². The van der Waals surface area contributed by atoms with Crippen LogP contribution in [0.3, 0.4) is 0 Å². The fourth-order valence-corrected chi connectivity index (χ4v) is 3.68. The lowest BCUT2D eigenvalue weighted by Gasteiger charge is -2.22. The molecule has 0 bridgehead atoms. The monoisotopic (exact) mass is 317 g/mol. The Balaban J connectivity index is 1.65. The molecule has 0 radical (unpaired) electrons. The van der Waals surface area contributed by atoms with E-state index in [1.807, 2.05) is 6.92 Å². The number of allylic oxidation sites excluding steroid dienone is 1. The highest BCUT2D eigenvalue weighted by Gasteiger charge is 2.25. The molecule has 2 aromatic carbocycles. The Morgan fingerprint density at radius 3 is 2.75 bits per heavy atom. The molecule has 2 aromatic rings. The molecule has 1 N–H and O–H groups in total. The summed E-state index contributed by atoms with van der Waals surface area (Å²) in [6.07, 6.45) is 1.14. The highest BCUT2D eigenvalue weighted by Crippen LogP contribution is 2.39. The highest BCUT2D eigenvalue weighted by atomic mass is 15.2. The second-order valence-corrected chi connectivity index (χ2v) is 6.79. The van der Waals surface area contributed by atoms with Crippen molar-refractivity contribution in [3.05, 3.63) is 71.9 Å². The van der Waals surface area contributed by atoms with Crippen molar-refractivity contribution in [2.24, 2.45) is 0 Å². The maximum atomic E-state index is 4.33. The summed E-state index contributed by atoms with van der Waals surface area (Å²) in [5.74, 6) is 0. The number of benzene rings is 2. The van der Waals surface area contributed by atoms with Gasteiger partial charge in [0.2, 0.25) is 0 Å². The summed E-state index contributed by atoms with van der Waals surface area (Å²) < 4.78 is 0. The van der Waals surface area contributed by atoms with E-state index in [0.717, 1.165) is 36.6 Å².